The van der Waals surface area contributed by atoms with E-state index in [1.807, 2.05) is 0 Å². The molecule has 0 saturated carbocycles. The second kappa shape index (κ2) is 6.96. The van der Waals surface area contributed by atoms with Crippen molar-refractivity contribution in [3.8, 4) is 11.6 Å². The number of ether oxygens (including phenoxy) is 1. The minimum Gasteiger partial charge on any atom is -0.438 e. The minimum absolute atomic E-state index is 0.0307. The van der Waals surface area contributed by atoms with E-state index in [-0.39, 0.29) is 28.1 Å². The van der Waals surface area contributed by atoms with Crippen molar-refractivity contribution >= 4 is 21.6 Å². The lowest BCUT2D eigenvalue weighted by atomic mass is 10.3. The van der Waals surface area contributed by atoms with Crippen LogP contribution in [0, 0.1) is 0 Å². The molecule has 0 amide bonds. The standard InChI is InChI=1S/C14H12ClF3N2O3S/c1-2-20-24(21,22)11-5-3-10(4-6-11)23-13-12(15)7-9(8-19-13)14(16,17)18/h3-8,20H,2H2,1H3. The van der Waals surface area contributed by atoms with Gasteiger partial charge in [0.1, 0.15) is 10.8 Å². The third-order valence-corrected chi connectivity index (χ3v) is 4.65. The number of rotatable bonds is 5. The Kier molecular flexibility index (Phi) is 5.36. The molecule has 1 aromatic carbocycles. The molecule has 0 bridgehead atoms. The zero-order valence-corrected chi connectivity index (χ0v) is 13.8. The average molecular weight is 381 g/mol. The van der Waals surface area contributed by atoms with Gasteiger partial charge in [0, 0.05) is 12.7 Å². The Balaban J connectivity index is 2.20. The van der Waals surface area contributed by atoms with Crippen LogP contribution in [0.15, 0.2) is 41.4 Å². The van der Waals surface area contributed by atoms with Crippen LogP contribution in [0.4, 0.5) is 13.2 Å². The monoisotopic (exact) mass is 380 g/mol. The number of nitrogens with one attached hydrogen (secondary N) is 1. The maximum atomic E-state index is 12.5. The van der Waals surface area contributed by atoms with Crippen LogP contribution in [0.2, 0.25) is 5.02 Å². The van der Waals surface area contributed by atoms with Crippen LogP contribution in [0.5, 0.6) is 11.6 Å². The van der Waals surface area contributed by atoms with Gasteiger partial charge in [-0.3, -0.25) is 0 Å². The molecule has 0 spiro atoms. The molecular formula is C14H12ClF3N2O3S. The highest BCUT2D eigenvalue weighted by Gasteiger charge is 2.31. The Bertz CT molecular complexity index is 824. The van der Waals surface area contributed by atoms with E-state index in [1.54, 1.807) is 6.92 Å². The maximum Gasteiger partial charge on any atom is 0.417 e. The van der Waals surface area contributed by atoms with Crippen LogP contribution in [-0.2, 0) is 16.2 Å². The van der Waals surface area contributed by atoms with Gasteiger partial charge in [-0.05, 0) is 30.3 Å². The number of alkyl halides is 3. The summed E-state index contributed by atoms with van der Waals surface area (Å²) in [6.07, 6.45) is -3.96. The maximum absolute atomic E-state index is 12.5. The van der Waals surface area contributed by atoms with E-state index >= 15 is 0 Å². The summed E-state index contributed by atoms with van der Waals surface area (Å²) in [5.74, 6) is -0.0356. The van der Waals surface area contributed by atoms with Gasteiger partial charge >= 0.3 is 6.18 Å². The summed E-state index contributed by atoms with van der Waals surface area (Å²) in [4.78, 5) is 3.57. The molecule has 2 aromatic rings. The van der Waals surface area contributed by atoms with Gasteiger partial charge in [-0.15, -0.1) is 0 Å². The second-order valence-electron chi connectivity index (χ2n) is 4.58. The predicted molar refractivity (Wildman–Crippen MR) is 81.6 cm³/mol. The third-order valence-electron chi connectivity index (χ3n) is 2.82. The Labute approximate surface area is 141 Å². The molecule has 0 radical (unpaired) electrons. The molecule has 1 heterocycles. The van der Waals surface area contributed by atoms with Crippen molar-refractivity contribution in [2.24, 2.45) is 0 Å². The Morgan fingerprint density at radius 1 is 1.25 bits per heavy atom. The first-order valence-corrected chi connectivity index (χ1v) is 8.50. The first-order chi connectivity index (χ1) is 11.1. The summed E-state index contributed by atoms with van der Waals surface area (Å²) in [5, 5.41) is -0.311. The zero-order valence-electron chi connectivity index (χ0n) is 12.3. The molecule has 1 aromatic heterocycles. The number of halogens is 4. The van der Waals surface area contributed by atoms with E-state index in [0.717, 1.165) is 0 Å². The fourth-order valence-electron chi connectivity index (χ4n) is 1.73. The number of nitrogens with zero attached hydrogens (tertiary/aromatic N) is 1. The van der Waals surface area contributed by atoms with E-state index < -0.39 is 21.8 Å². The van der Waals surface area contributed by atoms with Crippen LogP contribution in [0.3, 0.4) is 0 Å². The van der Waals surface area contributed by atoms with E-state index in [1.165, 1.54) is 24.3 Å². The van der Waals surface area contributed by atoms with Crippen LogP contribution in [0.25, 0.3) is 0 Å². The van der Waals surface area contributed by atoms with Crippen molar-refractivity contribution < 1.29 is 26.3 Å². The average Bonchev–Trinajstić information content (AvgIpc) is 2.49. The summed E-state index contributed by atoms with van der Waals surface area (Å²) >= 11 is 5.74. The van der Waals surface area contributed by atoms with E-state index in [2.05, 4.69) is 9.71 Å². The molecule has 2 rings (SSSR count). The number of hydrogen-bond acceptors (Lipinski definition) is 4. The van der Waals surface area contributed by atoms with Gasteiger partial charge in [-0.25, -0.2) is 18.1 Å². The highest BCUT2D eigenvalue weighted by molar-refractivity contribution is 7.89. The van der Waals surface area contributed by atoms with Crippen molar-refractivity contribution in [3.05, 3.63) is 47.1 Å². The van der Waals surface area contributed by atoms with Crippen LogP contribution in [-0.4, -0.2) is 19.9 Å². The summed E-state index contributed by atoms with van der Waals surface area (Å²) in [7, 11) is -3.60. The molecule has 0 aliphatic rings. The highest BCUT2D eigenvalue weighted by atomic mass is 35.5. The molecule has 0 aliphatic carbocycles. The van der Waals surface area contributed by atoms with Crippen LogP contribution in [0.1, 0.15) is 12.5 Å². The molecule has 10 heteroatoms. The zero-order chi connectivity index (χ0) is 18.0. The Hall–Kier alpha value is -1.84. The number of hydrogen-bond donors (Lipinski definition) is 1. The second-order valence-corrected chi connectivity index (χ2v) is 6.76. The van der Waals surface area contributed by atoms with Gasteiger partial charge in [0.05, 0.1) is 10.5 Å². The molecule has 0 aliphatic heterocycles. The molecule has 24 heavy (non-hydrogen) atoms. The van der Waals surface area contributed by atoms with Gasteiger partial charge in [0.2, 0.25) is 15.9 Å². The van der Waals surface area contributed by atoms with Gasteiger partial charge in [-0.1, -0.05) is 18.5 Å². The van der Waals surface area contributed by atoms with Gasteiger partial charge < -0.3 is 4.74 Å². The molecular weight excluding hydrogens is 369 g/mol. The SMILES string of the molecule is CCNS(=O)(=O)c1ccc(Oc2ncc(C(F)(F)F)cc2Cl)cc1. The van der Waals surface area contributed by atoms with Gasteiger partial charge in [-0.2, -0.15) is 13.2 Å². The van der Waals surface area contributed by atoms with Crippen molar-refractivity contribution in [2.75, 3.05) is 6.54 Å². The Morgan fingerprint density at radius 3 is 2.38 bits per heavy atom. The molecule has 130 valence electrons. The predicted octanol–water partition coefficient (Wildman–Crippen LogP) is 3.84. The number of aromatic nitrogens is 1. The number of sulfonamides is 1. The van der Waals surface area contributed by atoms with Crippen molar-refractivity contribution in [1.82, 2.24) is 9.71 Å². The van der Waals surface area contributed by atoms with Crippen molar-refractivity contribution in [1.29, 1.82) is 0 Å². The largest absolute Gasteiger partial charge is 0.438 e. The number of pyridine rings is 1. The molecule has 0 fully saturated rings. The van der Waals surface area contributed by atoms with Crippen LogP contribution >= 0.6 is 11.6 Å². The van der Waals surface area contributed by atoms with E-state index in [4.69, 9.17) is 16.3 Å². The van der Waals surface area contributed by atoms with Crippen molar-refractivity contribution in [2.45, 2.75) is 18.0 Å². The van der Waals surface area contributed by atoms with Crippen LogP contribution < -0.4 is 9.46 Å². The van der Waals surface area contributed by atoms with Gasteiger partial charge in [0.25, 0.3) is 0 Å². The summed E-state index contributed by atoms with van der Waals surface area (Å²) < 4.78 is 68.8. The molecule has 1 N–H and O–H groups in total. The summed E-state index contributed by atoms with van der Waals surface area (Å²) in [6.45, 7) is 1.89. The van der Waals surface area contributed by atoms with Gasteiger partial charge in [0.15, 0.2) is 0 Å². The molecule has 5 nitrogen and oxygen atoms in total. The van der Waals surface area contributed by atoms with E-state index in [0.29, 0.717) is 12.3 Å². The summed E-state index contributed by atoms with van der Waals surface area (Å²) in [5.41, 5.74) is -0.994. The van der Waals surface area contributed by atoms with E-state index in [9.17, 15) is 21.6 Å². The lowest BCUT2D eigenvalue weighted by molar-refractivity contribution is -0.137. The fourth-order valence-corrected chi connectivity index (χ4v) is 2.97. The molecule has 0 atom stereocenters. The topological polar surface area (TPSA) is 68.3 Å². The summed E-state index contributed by atoms with van der Waals surface area (Å²) in [6, 6.07) is 5.99. The Morgan fingerprint density at radius 2 is 1.88 bits per heavy atom. The quantitative estimate of drug-likeness (QED) is 0.855. The van der Waals surface area contributed by atoms with Crippen molar-refractivity contribution in [3.63, 3.8) is 0 Å². The highest BCUT2D eigenvalue weighted by Crippen LogP contribution is 2.34. The first kappa shape index (κ1) is 18.5. The fraction of sp³-hybridized carbons (Fsp3) is 0.214. The lowest BCUT2D eigenvalue weighted by Gasteiger charge is -2.10. The molecule has 0 saturated heterocycles. The number of benzene rings is 1. The smallest absolute Gasteiger partial charge is 0.417 e. The normalized spacial score (nSPS) is 12.2. The molecule has 0 unspecified atom stereocenters. The minimum atomic E-state index is -4.56. The third kappa shape index (κ3) is 4.37. The lowest BCUT2D eigenvalue weighted by Crippen LogP contribution is -2.22. The first-order valence-electron chi connectivity index (χ1n) is 6.64.